The van der Waals surface area contributed by atoms with Crippen molar-refractivity contribution in [1.82, 2.24) is 15.0 Å². The maximum atomic E-state index is 13.1. The van der Waals surface area contributed by atoms with Gasteiger partial charge in [-0.2, -0.15) is 0 Å². The summed E-state index contributed by atoms with van der Waals surface area (Å²) in [6.07, 6.45) is 0. The molecule has 3 aromatic carbocycles. The van der Waals surface area contributed by atoms with Crippen LogP contribution in [0.3, 0.4) is 0 Å². The number of aromatic nitrogens is 3. The fraction of sp³-hybridized carbons (Fsp3) is 0.194. The van der Waals surface area contributed by atoms with Crippen LogP contribution in [0.25, 0.3) is 33.8 Å². The molecule has 0 bridgehead atoms. The Balaban J connectivity index is 1.33. The Kier molecular flexibility index (Phi) is 8.23. The van der Waals surface area contributed by atoms with Gasteiger partial charge in [0.1, 0.15) is 0 Å². The average Bonchev–Trinajstić information content (AvgIpc) is 3.61. The van der Waals surface area contributed by atoms with Crippen molar-refractivity contribution >= 4 is 34.1 Å². The van der Waals surface area contributed by atoms with Gasteiger partial charge in [-0.05, 0) is 39.0 Å². The number of methoxy groups -OCH3 is 2. The molecule has 0 radical (unpaired) electrons. The Bertz CT molecular complexity index is 1560. The van der Waals surface area contributed by atoms with E-state index in [1.165, 1.54) is 34.2 Å². The lowest BCUT2D eigenvalue weighted by molar-refractivity contribution is -0.115. The predicted octanol–water partition coefficient (Wildman–Crippen LogP) is 7.62. The largest absolute Gasteiger partial charge is 0.493 e. The molecule has 5 aromatic rings. The molecule has 9 heteroatoms. The molecule has 2 heterocycles. The van der Waals surface area contributed by atoms with Gasteiger partial charge in [0.2, 0.25) is 5.91 Å². The number of ether oxygens (including phenoxy) is 2. The lowest BCUT2D eigenvalue weighted by Crippen LogP contribution is -2.22. The van der Waals surface area contributed by atoms with E-state index in [1.54, 1.807) is 14.2 Å². The number of rotatable bonds is 9. The maximum Gasteiger partial charge on any atom is 0.239 e. The minimum atomic E-state index is -0.406. The van der Waals surface area contributed by atoms with Crippen LogP contribution in [0.4, 0.5) is 5.13 Å². The lowest BCUT2D eigenvalue weighted by Gasteiger charge is -2.09. The van der Waals surface area contributed by atoms with E-state index in [0.29, 0.717) is 21.8 Å². The molecule has 5 rings (SSSR count). The fourth-order valence-corrected chi connectivity index (χ4v) is 5.67. The Hall–Kier alpha value is -4.08. The number of carbonyl (C=O) groups excluding carboxylic acids is 1. The molecule has 2 aromatic heterocycles. The molecule has 0 fully saturated rings. The van der Waals surface area contributed by atoms with E-state index < -0.39 is 5.25 Å². The van der Waals surface area contributed by atoms with Gasteiger partial charge in [-0.1, -0.05) is 71.4 Å². The van der Waals surface area contributed by atoms with E-state index in [1.807, 2.05) is 30.5 Å². The van der Waals surface area contributed by atoms with Crippen LogP contribution in [0.1, 0.15) is 18.1 Å². The van der Waals surface area contributed by atoms with Crippen molar-refractivity contribution in [2.24, 2.45) is 0 Å². The number of nitrogens with one attached hydrogen (secondary N) is 2. The molecule has 2 N–H and O–H groups in total. The first-order chi connectivity index (χ1) is 19.3. The summed E-state index contributed by atoms with van der Waals surface area (Å²) in [5.41, 5.74) is 7.86. The number of benzene rings is 3. The van der Waals surface area contributed by atoms with Crippen molar-refractivity contribution in [2.45, 2.75) is 31.2 Å². The second-order valence-corrected chi connectivity index (χ2v) is 11.5. The molecular weight excluding hydrogens is 541 g/mol. The van der Waals surface area contributed by atoms with E-state index in [4.69, 9.17) is 14.5 Å². The van der Waals surface area contributed by atoms with E-state index >= 15 is 0 Å². The summed E-state index contributed by atoms with van der Waals surface area (Å²) in [5, 5.41) is 5.66. The third-order valence-corrected chi connectivity index (χ3v) is 8.16. The molecule has 40 heavy (non-hydrogen) atoms. The van der Waals surface area contributed by atoms with Gasteiger partial charge in [-0.15, -0.1) is 11.3 Å². The number of thiazole rings is 1. The number of amides is 1. The Morgan fingerprint density at radius 3 is 2.15 bits per heavy atom. The number of H-pyrrole nitrogens is 1. The van der Waals surface area contributed by atoms with Crippen LogP contribution < -0.4 is 14.8 Å². The number of anilines is 1. The molecule has 1 atom stereocenters. The number of hydrogen-bond donors (Lipinski definition) is 2. The molecule has 0 aliphatic heterocycles. The molecule has 0 spiro atoms. The van der Waals surface area contributed by atoms with Crippen molar-refractivity contribution in [2.75, 3.05) is 19.5 Å². The highest BCUT2D eigenvalue weighted by atomic mass is 32.2. The lowest BCUT2D eigenvalue weighted by atomic mass is 10.0. The van der Waals surface area contributed by atoms with E-state index in [-0.39, 0.29) is 5.91 Å². The second kappa shape index (κ2) is 12.0. The molecule has 1 unspecified atom stereocenters. The van der Waals surface area contributed by atoms with Crippen molar-refractivity contribution in [1.29, 1.82) is 0 Å². The summed E-state index contributed by atoms with van der Waals surface area (Å²) in [6.45, 7) is 6.00. The van der Waals surface area contributed by atoms with Gasteiger partial charge in [-0.25, -0.2) is 9.97 Å². The van der Waals surface area contributed by atoms with Gasteiger partial charge in [0.25, 0.3) is 0 Å². The standard InChI is InChI=1S/C31H30N4O3S2/c1-18-6-10-21(11-7-18)27-28(22-12-8-19(2)9-13-22)34-31(33-27)40-20(3)29(36)35-30-32-24(17-39-30)23-14-15-25(37-4)26(16-23)38-5/h6-17,20H,1-5H3,(H,33,34)(H,32,35,36). The third-order valence-electron chi connectivity index (χ3n) is 6.42. The molecule has 204 valence electrons. The zero-order chi connectivity index (χ0) is 28.2. The van der Waals surface area contributed by atoms with Gasteiger partial charge in [-0.3, -0.25) is 4.79 Å². The zero-order valence-electron chi connectivity index (χ0n) is 22.9. The van der Waals surface area contributed by atoms with Crippen LogP contribution >= 0.6 is 23.1 Å². The SMILES string of the molecule is COc1ccc(-c2csc(NC(=O)C(C)Sc3nc(-c4ccc(C)cc4)c(-c4ccc(C)cc4)[nH]3)n2)cc1OC. The van der Waals surface area contributed by atoms with Crippen molar-refractivity contribution in [3.8, 4) is 45.3 Å². The van der Waals surface area contributed by atoms with Crippen LogP contribution in [-0.2, 0) is 4.79 Å². The number of nitrogens with zero attached hydrogens (tertiary/aromatic N) is 2. The molecule has 0 saturated carbocycles. The minimum absolute atomic E-state index is 0.150. The van der Waals surface area contributed by atoms with E-state index in [9.17, 15) is 4.79 Å². The first kappa shape index (κ1) is 27.5. The van der Waals surface area contributed by atoms with Crippen LogP contribution in [0.5, 0.6) is 11.5 Å². The first-order valence-electron chi connectivity index (χ1n) is 12.7. The summed E-state index contributed by atoms with van der Waals surface area (Å²) in [4.78, 5) is 26.1. The molecule has 0 saturated heterocycles. The van der Waals surface area contributed by atoms with Crippen LogP contribution in [-0.4, -0.2) is 40.3 Å². The molecule has 0 aliphatic carbocycles. The summed E-state index contributed by atoms with van der Waals surface area (Å²) in [7, 11) is 3.20. The van der Waals surface area contributed by atoms with E-state index in [0.717, 1.165) is 33.8 Å². The van der Waals surface area contributed by atoms with Gasteiger partial charge in [0.15, 0.2) is 21.8 Å². The number of hydrogen-bond acceptors (Lipinski definition) is 7. The summed E-state index contributed by atoms with van der Waals surface area (Å²) < 4.78 is 10.7. The highest BCUT2D eigenvalue weighted by Gasteiger charge is 2.21. The topological polar surface area (TPSA) is 89.1 Å². The van der Waals surface area contributed by atoms with Gasteiger partial charge < -0.3 is 19.8 Å². The smallest absolute Gasteiger partial charge is 0.239 e. The average molecular weight is 571 g/mol. The maximum absolute atomic E-state index is 13.1. The van der Waals surface area contributed by atoms with Crippen molar-refractivity contribution in [3.63, 3.8) is 0 Å². The van der Waals surface area contributed by atoms with Crippen LogP contribution in [0, 0.1) is 13.8 Å². The number of aryl methyl sites for hydroxylation is 2. The van der Waals surface area contributed by atoms with E-state index in [2.05, 4.69) is 77.7 Å². The zero-order valence-corrected chi connectivity index (χ0v) is 24.6. The van der Waals surface area contributed by atoms with Gasteiger partial charge in [0, 0.05) is 22.1 Å². The normalized spacial score (nSPS) is 11.7. The van der Waals surface area contributed by atoms with Gasteiger partial charge >= 0.3 is 0 Å². The highest BCUT2D eigenvalue weighted by Crippen LogP contribution is 2.36. The van der Waals surface area contributed by atoms with Crippen molar-refractivity contribution < 1.29 is 14.3 Å². The molecule has 0 aliphatic rings. The first-order valence-corrected chi connectivity index (χ1v) is 14.5. The Morgan fingerprint density at radius 1 is 0.875 bits per heavy atom. The number of imidazole rings is 1. The predicted molar refractivity (Wildman–Crippen MR) is 164 cm³/mol. The minimum Gasteiger partial charge on any atom is -0.493 e. The molecular formula is C31H30N4O3S2. The summed E-state index contributed by atoms with van der Waals surface area (Å²) in [6, 6.07) is 22.3. The quantitative estimate of drug-likeness (QED) is 0.177. The second-order valence-electron chi connectivity index (χ2n) is 9.35. The monoisotopic (exact) mass is 570 g/mol. The number of aromatic amines is 1. The number of thioether (sulfide) groups is 1. The van der Waals surface area contributed by atoms with Crippen LogP contribution in [0.15, 0.2) is 77.3 Å². The van der Waals surface area contributed by atoms with Gasteiger partial charge in [0.05, 0.1) is 36.6 Å². The summed E-state index contributed by atoms with van der Waals surface area (Å²) >= 11 is 2.76. The van der Waals surface area contributed by atoms with Crippen molar-refractivity contribution in [3.05, 3.63) is 83.2 Å². The summed E-state index contributed by atoms with van der Waals surface area (Å²) in [5.74, 6) is 1.12. The number of carbonyl (C=O) groups is 1. The highest BCUT2D eigenvalue weighted by molar-refractivity contribution is 8.00. The molecule has 7 nitrogen and oxygen atoms in total. The Morgan fingerprint density at radius 2 is 1.50 bits per heavy atom. The Labute approximate surface area is 242 Å². The molecule has 1 amide bonds. The third kappa shape index (κ3) is 6.05. The van der Waals surface area contributed by atoms with Crippen LogP contribution in [0.2, 0.25) is 0 Å². The fourth-order valence-electron chi connectivity index (χ4n) is 4.14.